The number of aryl methyl sites for hydroxylation is 1. The van der Waals surface area contributed by atoms with E-state index >= 15 is 0 Å². The van der Waals surface area contributed by atoms with Crippen LogP contribution >= 0.6 is 0 Å². The molecule has 0 aromatic carbocycles. The predicted octanol–water partition coefficient (Wildman–Crippen LogP) is 1.13. The van der Waals surface area contributed by atoms with Gasteiger partial charge in [-0.3, -0.25) is 4.68 Å². The molecule has 0 fully saturated rings. The van der Waals surface area contributed by atoms with E-state index in [1.807, 2.05) is 27.1 Å². The van der Waals surface area contributed by atoms with Crippen molar-refractivity contribution in [3.63, 3.8) is 0 Å². The molecule has 1 atom stereocenters. The molecule has 6 nitrogen and oxygen atoms in total. The number of hydrogen-bond donors (Lipinski definition) is 1. The molecule has 2 aromatic rings. The Labute approximate surface area is 93.4 Å². The summed E-state index contributed by atoms with van der Waals surface area (Å²) >= 11 is 0. The number of hydrogen-bond acceptors (Lipinski definition) is 5. The molecule has 0 bridgehead atoms. The highest BCUT2D eigenvalue weighted by Gasteiger charge is 2.18. The predicted molar refractivity (Wildman–Crippen MR) is 58.3 cm³/mol. The lowest BCUT2D eigenvalue weighted by molar-refractivity contribution is 0.325. The van der Waals surface area contributed by atoms with E-state index in [0.29, 0.717) is 11.7 Å². The van der Waals surface area contributed by atoms with Gasteiger partial charge in [0.15, 0.2) is 0 Å². The van der Waals surface area contributed by atoms with Gasteiger partial charge in [0.25, 0.3) is 0 Å². The third-order valence-electron chi connectivity index (χ3n) is 2.41. The fraction of sp³-hybridized carbons (Fsp3) is 0.500. The summed E-state index contributed by atoms with van der Waals surface area (Å²) in [6.07, 6.45) is 3.52. The Kier molecular flexibility index (Phi) is 2.74. The van der Waals surface area contributed by atoms with Crippen LogP contribution in [0.1, 0.15) is 25.8 Å². The molecule has 0 saturated carbocycles. The fourth-order valence-corrected chi connectivity index (χ4v) is 1.31. The van der Waals surface area contributed by atoms with Crippen molar-refractivity contribution < 1.29 is 4.52 Å². The summed E-state index contributed by atoms with van der Waals surface area (Å²) in [7, 11) is 1.84. The molecule has 0 radical (unpaired) electrons. The van der Waals surface area contributed by atoms with Crippen LogP contribution in [-0.2, 0) is 7.05 Å². The molecule has 2 aromatic heterocycles. The molecule has 0 amide bonds. The van der Waals surface area contributed by atoms with E-state index in [1.54, 1.807) is 10.9 Å². The van der Waals surface area contributed by atoms with E-state index in [1.165, 1.54) is 0 Å². The van der Waals surface area contributed by atoms with Gasteiger partial charge in [-0.25, -0.2) is 0 Å². The lowest BCUT2D eigenvalue weighted by Gasteiger charge is -2.08. The average Bonchev–Trinajstić information content (AvgIpc) is 2.84. The second-order valence-corrected chi connectivity index (χ2v) is 4.13. The Balaban J connectivity index is 2.26. The van der Waals surface area contributed by atoms with Gasteiger partial charge >= 0.3 is 0 Å². The third kappa shape index (κ3) is 1.96. The van der Waals surface area contributed by atoms with Crippen molar-refractivity contribution in [2.75, 3.05) is 0 Å². The SMILES string of the molecule is CC(C)[C@@H](N)c1nc(-c2cnn(C)c2)no1. The maximum absolute atomic E-state index is 5.92. The van der Waals surface area contributed by atoms with Crippen molar-refractivity contribution in [3.8, 4) is 11.4 Å². The van der Waals surface area contributed by atoms with Gasteiger partial charge in [0.05, 0.1) is 17.8 Å². The molecule has 6 heteroatoms. The molecule has 86 valence electrons. The molecule has 0 spiro atoms. The van der Waals surface area contributed by atoms with Gasteiger partial charge in [0.2, 0.25) is 11.7 Å². The van der Waals surface area contributed by atoms with E-state index < -0.39 is 0 Å². The van der Waals surface area contributed by atoms with Crippen LogP contribution in [-0.4, -0.2) is 19.9 Å². The highest BCUT2D eigenvalue weighted by molar-refractivity contribution is 5.51. The Morgan fingerprint density at radius 1 is 1.44 bits per heavy atom. The van der Waals surface area contributed by atoms with Gasteiger partial charge in [-0.1, -0.05) is 19.0 Å². The van der Waals surface area contributed by atoms with Crippen LogP contribution in [0.15, 0.2) is 16.9 Å². The Hall–Kier alpha value is -1.69. The van der Waals surface area contributed by atoms with E-state index in [4.69, 9.17) is 10.3 Å². The van der Waals surface area contributed by atoms with E-state index in [-0.39, 0.29) is 12.0 Å². The molecular weight excluding hydrogens is 206 g/mol. The number of rotatable bonds is 3. The second-order valence-electron chi connectivity index (χ2n) is 4.13. The first-order valence-corrected chi connectivity index (χ1v) is 5.16. The first kappa shape index (κ1) is 10.8. The van der Waals surface area contributed by atoms with Crippen LogP contribution < -0.4 is 5.73 Å². The normalized spacial score (nSPS) is 13.3. The van der Waals surface area contributed by atoms with Crippen molar-refractivity contribution in [2.45, 2.75) is 19.9 Å². The van der Waals surface area contributed by atoms with Gasteiger partial charge < -0.3 is 10.3 Å². The molecule has 0 aliphatic heterocycles. The van der Waals surface area contributed by atoms with Crippen molar-refractivity contribution in [1.29, 1.82) is 0 Å². The van der Waals surface area contributed by atoms with Gasteiger partial charge in [0, 0.05) is 13.2 Å². The molecule has 2 rings (SSSR count). The van der Waals surface area contributed by atoms with Gasteiger partial charge in [0.1, 0.15) is 0 Å². The van der Waals surface area contributed by atoms with Crippen LogP contribution in [0.3, 0.4) is 0 Å². The second kappa shape index (κ2) is 4.05. The van der Waals surface area contributed by atoms with Crippen LogP contribution in [0.5, 0.6) is 0 Å². The summed E-state index contributed by atoms with van der Waals surface area (Å²) in [6, 6.07) is -0.224. The summed E-state index contributed by atoms with van der Waals surface area (Å²) in [5.41, 5.74) is 6.74. The smallest absolute Gasteiger partial charge is 0.244 e. The summed E-state index contributed by atoms with van der Waals surface area (Å²) in [4.78, 5) is 4.26. The van der Waals surface area contributed by atoms with E-state index in [2.05, 4.69) is 15.2 Å². The minimum atomic E-state index is -0.224. The third-order valence-corrected chi connectivity index (χ3v) is 2.41. The van der Waals surface area contributed by atoms with Crippen molar-refractivity contribution in [1.82, 2.24) is 19.9 Å². The zero-order valence-electron chi connectivity index (χ0n) is 9.58. The minimum absolute atomic E-state index is 0.224. The van der Waals surface area contributed by atoms with Crippen LogP contribution in [0, 0.1) is 5.92 Å². The topological polar surface area (TPSA) is 82.8 Å². The first-order chi connectivity index (χ1) is 7.58. The number of nitrogens with zero attached hydrogens (tertiary/aromatic N) is 4. The monoisotopic (exact) mass is 221 g/mol. The van der Waals surface area contributed by atoms with Crippen LogP contribution in [0.25, 0.3) is 11.4 Å². The maximum atomic E-state index is 5.92. The lowest BCUT2D eigenvalue weighted by Crippen LogP contribution is -2.16. The first-order valence-electron chi connectivity index (χ1n) is 5.16. The molecule has 0 aliphatic carbocycles. The number of aromatic nitrogens is 4. The molecule has 2 heterocycles. The molecule has 16 heavy (non-hydrogen) atoms. The molecular formula is C10H15N5O. The van der Waals surface area contributed by atoms with E-state index in [9.17, 15) is 0 Å². The largest absolute Gasteiger partial charge is 0.337 e. The quantitative estimate of drug-likeness (QED) is 0.839. The van der Waals surface area contributed by atoms with E-state index in [0.717, 1.165) is 5.56 Å². The zero-order valence-corrected chi connectivity index (χ0v) is 9.58. The van der Waals surface area contributed by atoms with Crippen LogP contribution in [0.2, 0.25) is 0 Å². The minimum Gasteiger partial charge on any atom is -0.337 e. The van der Waals surface area contributed by atoms with Crippen molar-refractivity contribution in [2.24, 2.45) is 18.7 Å². The Morgan fingerprint density at radius 3 is 2.75 bits per heavy atom. The lowest BCUT2D eigenvalue weighted by atomic mass is 10.1. The molecule has 2 N–H and O–H groups in total. The summed E-state index contributed by atoms with van der Waals surface area (Å²) in [5.74, 6) is 1.26. The van der Waals surface area contributed by atoms with Crippen molar-refractivity contribution in [3.05, 3.63) is 18.3 Å². The summed E-state index contributed by atoms with van der Waals surface area (Å²) < 4.78 is 6.82. The zero-order chi connectivity index (χ0) is 11.7. The fourth-order valence-electron chi connectivity index (χ4n) is 1.31. The van der Waals surface area contributed by atoms with Gasteiger partial charge in [-0.15, -0.1) is 0 Å². The maximum Gasteiger partial charge on any atom is 0.244 e. The standard InChI is InChI=1S/C10H15N5O/c1-6(2)8(11)10-13-9(14-16-10)7-4-12-15(3)5-7/h4-6,8H,11H2,1-3H3/t8-/m1/s1. The Bertz CT molecular complexity index is 473. The molecule has 0 aliphatic rings. The summed E-state index contributed by atoms with van der Waals surface area (Å²) in [6.45, 7) is 4.03. The average molecular weight is 221 g/mol. The highest BCUT2D eigenvalue weighted by atomic mass is 16.5. The van der Waals surface area contributed by atoms with Crippen LogP contribution in [0.4, 0.5) is 0 Å². The molecule has 0 unspecified atom stereocenters. The summed E-state index contributed by atoms with van der Waals surface area (Å²) in [5, 5.41) is 7.93. The number of nitrogens with two attached hydrogens (primary N) is 1. The van der Waals surface area contributed by atoms with Gasteiger partial charge in [-0.2, -0.15) is 10.1 Å². The van der Waals surface area contributed by atoms with Crippen molar-refractivity contribution >= 4 is 0 Å². The highest BCUT2D eigenvalue weighted by Crippen LogP contribution is 2.20. The molecule has 0 saturated heterocycles. The van der Waals surface area contributed by atoms with Gasteiger partial charge in [-0.05, 0) is 5.92 Å². The Morgan fingerprint density at radius 2 is 2.19 bits per heavy atom.